The molecule has 0 aliphatic heterocycles. The van der Waals surface area contributed by atoms with Crippen molar-refractivity contribution < 1.29 is 8.42 Å². The van der Waals surface area contributed by atoms with E-state index in [1.54, 1.807) is 12.1 Å². The van der Waals surface area contributed by atoms with E-state index < -0.39 is 18.1 Å². The molecule has 3 nitrogen and oxygen atoms in total. The van der Waals surface area contributed by atoms with Crippen molar-refractivity contribution in [1.82, 2.24) is 4.72 Å². The number of hydrogen-bond donors (Lipinski definition) is 1. The Morgan fingerprint density at radius 2 is 1.63 bits per heavy atom. The van der Waals surface area contributed by atoms with E-state index >= 15 is 0 Å². The summed E-state index contributed by atoms with van der Waals surface area (Å²) >= 11 is 0. The Labute approximate surface area is 165 Å². The summed E-state index contributed by atoms with van der Waals surface area (Å²) in [6.07, 6.45) is 5.11. The smallest absolute Gasteiger partial charge is 0.211 e. The van der Waals surface area contributed by atoms with Crippen LogP contribution in [0.25, 0.3) is 0 Å². The van der Waals surface area contributed by atoms with Gasteiger partial charge in [-0.2, -0.15) is 0 Å². The van der Waals surface area contributed by atoms with Crippen LogP contribution in [0.1, 0.15) is 30.4 Å². The van der Waals surface area contributed by atoms with E-state index in [9.17, 15) is 8.42 Å². The lowest BCUT2D eigenvalue weighted by atomic mass is 10.2. The summed E-state index contributed by atoms with van der Waals surface area (Å²) in [5, 5.41) is 0. The van der Waals surface area contributed by atoms with Gasteiger partial charge in [-0.05, 0) is 44.4 Å². The van der Waals surface area contributed by atoms with E-state index in [4.69, 9.17) is 0 Å². The van der Waals surface area contributed by atoms with Crippen molar-refractivity contribution >= 4 is 18.1 Å². The van der Waals surface area contributed by atoms with Crippen molar-refractivity contribution in [2.45, 2.75) is 50.2 Å². The molecule has 0 aliphatic carbocycles. The standard InChI is InChI=1S/C22H31NO2SSi/c1-20-13-15-22(16-14-20)26(24,25)23-17-9-4-5-10-18-27(2,3)19-21-11-7-6-8-12-21/h6-8,10-16,18,23H,4-5,9,17,19H2,1-3H3/b18-10-. The quantitative estimate of drug-likeness (QED) is 0.448. The molecule has 146 valence electrons. The normalized spacial score (nSPS) is 12.6. The molecule has 0 amide bonds. The van der Waals surface area contributed by atoms with Crippen LogP contribution in [0.15, 0.2) is 71.3 Å². The Bertz CT molecular complexity index is 828. The van der Waals surface area contributed by atoms with Crippen LogP contribution in [0.4, 0.5) is 0 Å². The van der Waals surface area contributed by atoms with Gasteiger partial charge in [0.1, 0.15) is 0 Å². The highest BCUT2D eigenvalue weighted by Gasteiger charge is 2.17. The van der Waals surface area contributed by atoms with Crippen molar-refractivity contribution in [2.75, 3.05) is 6.54 Å². The third-order valence-electron chi connectivity index (χ3n) is 4.49. The fourth-order valence-corrected chi connectivity index (χ4v) is 6.26. The maximum absolute atomic E-state index is 12.2. The largest absolute Gasteiger partial charge is 0.240 e. The molecule has 0 unspecified atom stereocenters. The van der Waals surface area contributed by atoms with Crippen LogP contribution in [0, 0.1) is 6.92 Å². The van der Waals surface area contributed by atoms with Gasteiger partial charge >= 0.3 is 0 Å². The van der Waals surface area contributed by atoms with Crippen LogP contribution < -0.4 is 4.72 Å². The molecule has 2 aromatic rings. The van der Waals surface area contributed by atoms with E-state index in [0.717, 1.165) is 30.9 Å². The Morgan fingerprint density at radius 1 is 0.963 bits per heavy atom. The van der Waals surface area contributed by atoms with Crippen molar-refractivity contribution in [1.29, 1.82) is 0 Å². The molecule has 0 aromatic heterocycles. The zero-order chi connectivity index (χ0) is 19.8. The van der Waals surface area contributed by atoms with Crippen LogP contribution in [0.2, 0.25) is 13.1 Å². The molecule has 5 heteroatoms. The number of hydrogen-bond acceptors (Lipinski definition) is 2. The lowest BCUT2D eigenvalue weighted by molar-refractivity contribution is 0.577. The van der Waals surface area contributed by atoms with Gasteiger partial charge in [0.15, 0.2) is 0 Å². The lowest BCUT2D eigenvalue weighted by Crippen LogP contribution is -2.26. The minimum absolute atomic E-state index is 0.335. The van der Waals surface area contributed by atoms with E-state index in [0.29, 0.717) is 11.4 Å². The second-order valence-corrected chi connectivity index (χ2v) is 14.2. The van der Waals surface area contributed by atoms with Gasteiger partial charge in [-0.3, -0.25) is 0 Å². The molecule has 2 rings (SSSR count). The SMILES string of the molecule is Cc1ccc(S(=O)(=O)NCCCC/C=C\[Si](C)(C)Cc2ccccc2)cc1. The molecule has 27 heavy (non-hydrogen) atoms. The molecule has 0 aliphatic rings. The Kier molecular flexibility index (Phi) is 8.02. The van der Waals surface area contributed by atoms with Crippen molar-refractivity contribution in [3.63, 3.8) is 0 Å². The van der Waals surface area contributed by atoms with Crippen LogP contribution >= 0.6 is 0 Å². The first-order chi connectivity index (χ1) is 12.8. The van der Waals surface area contributed by atoms with E-state index in [1.165, 1.54) is 5.56 Å². The highest BCUT2D eigenvalue weighted by molar-refractivity contribution is 7.89. The van der Waals surface area contributed by atoms with E-state index in [1.807, 2.05) is 19.1 Å². The molecule has 0 atom stereocenters. The molecule has 1 N–H and O–H groups in total. The Balaban J connectivity index is 1.69. The first kappa shape index (κ1) is 21.6. The molecule has 0 radical (unpaired) electrons. The van der Waals surface area contributed by atoms with Gasteiger partial charge in [0.25, 0.3) is 0 Å². The summed E-state index contributed by atoms with van der Waals surface area (Å²) in [6.45, 7) is 7.19. The number of sulfonamides is 1. The van der Waals surface area contributed by atoms with Gasteiger partial charge in [-0.15, -0.1) is 0 Å². The summed E-state index contributed by atoms with van der Waals surface area (Å²) in [7, 11) is -4.77. The molecule has 0 bridgehead atoms. The van der Waals surface area contributed by atoms with Crippen LogP contribution in [0.5, 0.6) is 0 Å². The fourth-order valence-electron chi connectivity index (χ4n) is 2.98. The maximum atomic E-state index is 12.2. The highest BCUT2D eigenvalue weighted by Crippen LogP contribution is 2.14. The molecule has 0 heterocycles. The zero-order valence-corrected chi connectivity index (χ0v) is 18.4. The van der Waals surface area contributed by atoms with Crippen LogP contribution in [-0.4, -0.2) is 23.0 Å². The molecule has 0 saturated carbocycles. The van der Waals surface area contributed by atoms with Gasteiger partial charge < -0.3 is 0 Å². The van der Waals surface area contributed by atoms with Crippen LogP contribution in [-0.2, 0) is 16.1 Å². The van der Waals surface area contributed by atoms with Crippen molar-refractivity contribution in [3.8, 4) is 0 Å². The number of aryl methyl sites for hydroxylation is 1. The second-order valence-electron chi connectivity index (χ2n) is 7.76. The summed E-state index contributed by atoms with van der Waals surface area (Å²) in [5.41, 5.74) is 4.88. The van der Waals surface area contributed by atoms with Gasteiger partial charge in [-0.25, -0.2) is 13.1 Å². The third kappa shape index (κ3) is 7.83. The number of benzene rings is 2. The lowest BCUT2D eigenvalue weighted by Gasteiger charge is -2.17. The first-order valence-electron chi connectivity index (χ1n) is 9.56. The summed E-state index contributed by atoms with van der Waals surface area (Å²) in [6, 6.07) is 18.7. The second kappa shape index (κ2) is 10.0. The minimum Gasteiger partial charge on any atom is -0.211 e. The summed E-state index contributed by atoms with van der Waals surface area (Å²) in [4.78, 5) is 0.335. The van der Waals surface area contributed by atoms with Gasteiger partial charge in [-0.1, -0.05) is 78.5 Å². The predicted molar refractivity (Wildman–Crippen MR) is 117 cm³/mol. The van der Waals surface area contributed by atoms with Crippen molar-refractivity contribution in [3.05, 3.63) is 77.5 Å². The average Bonchev–Trinajstić information content (AvgIpc) is 2.61. The zero-order valence-electron chi connectivity index (χ0n) is 16.6. The fraction of sp³-hybridized carbons (Fsp3) is 0.364. The van der Waals surface area contributed by atoms with Gasteiger partial charge in [0, 0.05) is 6.54 Å². The molecule has 0 saturated heterocycles. The number of rotatable bonds is 10. The maximum Gasteiger partial charge on any atom is 0.240 e. The monoisotopic (exact) mass is 401 g/mol. The number of allylic oxidation sites excluding steroid dienone is 1. The van der Waals surface area contributed by atoms with Gasteiger partial charge in [0.05, 0.1) is 13.0 Å². The van der Waals surface area contributed by atoms with E-state index in [2.05, 4.69) is 59.9 Å². The molecule has 0 fully saturated rings. The first-order valence-corrected chi connectivity index (χ1v) is 14.3. The van der Waals surface area contributed by atoms with E-state index in [-0.39, 0.29) is 0 Å². The van der Waals surface area contributed by atoms with Crippen LogP contribution in [0.3, 0.4) is 0 Å². The number of unbranched alkanes of at least 4 members (excludes halogenated alkanes) is 2. The molecular formula is C22H31NO2SSi. The third-order valence-corrected chi connectivity index (χ3v) is 8.43. The average molecular weight is 402 g/mol. The summed E-state index contributed by atoms with van der Waals surface area (Å²) in [5.74, 6) is 0. The molecule has 0 spiro atoms. The molecule has 2 aromatic carbocycles. The Hall–Kier alpha value is -1.69. The van der Waals surface area contributed by atoms with Crippen molar-refractivity contribution in [2.24, 2.45) is 0 Å². The Morgan fingerprint density at radius 3 is 2.30 bits per heavy atom. The topological polar surface area (TPSA) is 46.2 Å². The highest BCUT2D eigenvalue weighted by atomic mass is 32.2. The summed E-state index contributed by atoms with van der Waals surface area (Å²) < 4.78 is 27.1. The predicted octanol–water partition coefficient (Wildman–Crippen LogP) is 5.03. The molecular weight excluding hydrogens is 370 g/mol. The number of nitrogens with one attached hydrogen (secondary N) is 1. The minimum atomic E-state index is -3.39. The van der Waals surface area contributed by atoms with Gasteiger partial charge in [0.2, 0.25) is 10.0 Å².